The van der Waals surface area contributed by atoms with Gasteiger partial charge in [0.2, 0.25) is 0 Å². The van der Waals surface area contributed by atoms with Crippen molar-refractivity contribution in [1.29, 1.82) is 0 Å². The van der Waals surface area contributed by atoms with Gasteiger partial charge in [-0.15, -0.1) is 0 Å². The number of para-hydroxylation sites is 2. The smallest absolute Gasteiger partial charge is 0.262 e. The van der Waals surface area contributed by atoms with Crippen molar-refractivity contribution < 1.29 is 22.3 Å². The molecular formula is C20H22N2O5S2. The molecule has 2 aromatic carbocycles. The summed E-state index contributed by atoms with van der Waals surface area (Å²) in [5, 5.41) is 0.515. The van der Waals surface area contributed by atoms with Crippen LogP contribution in [0.2, 0.25) is 0 Å². The van der Waals surface area contributed by atoms with E-state index in [1.807, 2.05) is 0 Å². The molecule has 0 amide bonds. The van der Waals surface area contributed by atoms with Gasteiger partial charge in [-0.1, -0.05) is 23.9 Å². The van der Waals surface area contributed by atoms with Crippen molar-refractivity contribution in [2.45, 2.75) is 35.5 Å². The number of thioether (sulfide) groups is 1. The van der Waals surface area contributed by atoms with Gasteiger partial charge in [-0.2, -0.15) is 0 Å². The molecule has 4 rings (SSSR count). The minimum atomic E-state index is -3.80. The van der Waals surface area contributed by atoms with Gasteiger partial charge >= 0.3 is 0 Å². The molecule has 0 unspecified atom stereocenters. The first-order valence-electron chi connectivity index (χ1n) is 9.36. The Morgan fingerprint density at radius 2 is 2.10 bits per heavy atom. The molecular weight excluding hydrogens is 412 g/mol. The van der Waals surface area contributed by atoms with Crippen molar-refractivity contribution in [3.8, 4) is 5.75 Å². The van der Waals surface area contributed by atoms with Gasteiger partial charge in [-0.25, -0.2) is 13.4 Å². The van der Waals surface area contributed by atoms with Gasteiger partial charge < -0.3 is 13.9 Å². The van der Waals surface area contributed by atoms with E-state index in [1.165, 1.54) is 37.4 Å². The van der Waals surface area contributed by atoms with Crippen LogP contribution in [0.5, 0.6) is 5.75 Å². The standard InChI is InChI=1S/C20H22N2O5S2/c1-25-18-8-3-2-7-16(18)22-29(23,24)15-9-10-19-17(12-15)21-20(27-19)28-13-14-6-4-5-11-26-14/h2-3,7-10,12,14,22H,4-6,11,13H2,1H3/t14-/m1/s1. The number of sulfonamides is 1. The second-order valence-electron chi connectivity index (χ2n) is 6.71. The summed E-state index contributed by atoms with van der Waals surface area (Å²) in [5.41, 5.74) is 1.42. The Kier molecular flexibility index (Phi) is 5.98. The van der Waals surface area contributed by atoms with Gasteiger partial charge in [0.05, 0.1) is 23.8 Å². The number of oxazole rings is 1. The minimum absolute atomic E-state index is 0.108. The quantitative estimate of drug-likeness (QED) is 0.555. The zero-order valence-corrected chi connectivity index (χ0v) is 17.6. The van der Waals surface area contributed by atoms with Crippen molar-refractivity contribution >= 4 is 38.6 Å². The number of anilines is 1. The molecule has 1 N–H and O–H groups in total. The van der Waals surface area contributed by atoms with Crippen molar-refractivity contribution in [1.82, 2.24) is 4.98 Å². The molecule has 1 aromatic heterocycles. The van der Waals surface area contributed by atoms with E-state index in [0.29, 0.717) is 27.8 Å². The van der Waals surface area contributed by atoms with Crippen LogP contribution in [0.4, 0.5) is 5.69 Å². The first-order valence-corrected chi connectivity index (χ1v) is 11.8. The lowest BCUT2D eigenvalue weighted by Crippen LogP contribution is -2.21. The zero-order chi connectivity index (χ0) is 20.3. The van der Waals surface area contributed by atoms with E-state index in [-0.39, 0.29) is 11.0 Å². The van der Waals surface area contributed by atoms with Gasteiger partial charge in [-0.3, -0.25) is 4.72 Å². The highest BCUT2D eigenvalue weighted by molar-refractivity contribution is 7.99. The topological polar surface area (TPSA) is 90.7 Å². The zero-order valence-electron chi connectivity index (χ0n) is 16.0. The third-order valence-electron chi connectivity index (χ3n) is 4.67. The highest BCUT2D eigenvalue weighted by Crippen LogP contribution is 2.30. The molecule has 7 nitrogen and oxygen atoms in total. The summed E-state index contributed by atoms with van der Waals surface area (Å²) in [6, 6.07) is 11.5. The first kappa shape index (κ1) is 20.1. The lowest BCUT2D eigenvalue weighted by atomic mass is 10.1. The average Bonchev–Trinajstić information content (AvgIpc) is 3.15. The molecule has 1 atom stereocenters. The fourth-order valence-electron chi connectivity index (χ4n) is 3.15. The van der Waals surface area contributed by atoms with Crippen LogP contribution >= 0.6 is 11.8 Å². The molecule has 1 aliphatic rings. The molecule has 0 spiro atoms. The summed E-state index contributed by atoms with van der Waals surface area (Å²) in [5.74, 6) is 1.22. The van der Waals surface area contributed by atoms with Crippen LogP contribution < -0.4 is 9.46 Å². The molecule has 2 heterocycles. The molecule has 9 heteroatoms. The Balaban J connectivity index is 1.51. The fourth-order valence-corrected chi connectivity index (χ4v) is 5.14. The summed E-state index contributed by atoms with van der Waals surface area (Å²) in [6.07, 6.45) is 3.55. The third-order valence-corrected chi connectivity index (χ3v) is 6.99. The fraction of sp³-hybridized carbons (Fsp3) is 0.350. The van der Waals surface area contributed by atoms with Crippen LogP contribution in [0, 0.1) is 0 Å². The van der Waals surface area contributed by atoms with Crippen LogP contribution in [0.3, 0.4) is 0 Å². The van der Waals surface area contributed by atoms with Crippen molar-refractivity contribution in [3.05, 3.63) is 42.5 Å². The summed E-state index contributed by atoms with van der Waals surface area (Å²) in [6.45, 7) is 0.805. The van der Waals surface area contributed by atoms with Crippen LogP contribution in [-0.2, 0) is 14.8 Å². The number of hydrogen-bond donors (Lipinski definition) is 1. The maximum atomic E-state index is 12.8. The molecule has 29 heavy (non-hydrogen) atoms. The molecule has 0 radical (unpaired) electrons. The Morgan fingerprint density at radius 1 is 1.24 bits per heavy atom. The summed E-state index contributed by atoms with van der Waals surface area (Å²) in [4.78, 5) is 4.54. The number of aromatic nitrogens is 1. The normalized spacial score (nSPS) is 17.3. The van der Waals surface area contributed by atoms with E-state index < -0.39 is 10.0 Å². The van der Waals surface area contributed by atoms with Gasteiger partial charge in [0, 0.05) is 12.4 Å². The number of benzene rings is 2. The lowest BCUT2D eigenvalue weighted by molar-refractivity contribution is 0.0314. The number of rotatable bonds is 7. The molecule has 1 fully saturated rings. The largest absolute Gasteiger partial charge is 0.495 e. The predicted molar refractivity (Wildman–Crippen MR) is 112 cm³/mol. The molecule has 3 aromatic rings. The Hall–Kier alpha value is -2.23. The number of nitrogens with zero attached hydrogens (tertiary/aromatic N) is 1. The van der Waals surface area contributed by atoms with E-state index >= 15 is 0 Å². The number of nitrogens with one attached hydrogen (secondary N) is 1. The van der Waals surface area contributed by atoms with Gasteiger partial charge in [0.1, 0.15) is 11.3 Å². The van der Waals surface area contributed by atoms with E-state index in [4.69, 9.17) is 13.9 Å². The Labute approximate surface area is 173 Å². The first-order chi connectivity index (χ1) is 14.0. The minimum Gasteiger partial charge on any atom is -0.495 e. The van der Waals surface area contributed by atoms with Crippen LogP contribution in [0.25, 0.3) is 11.1 Å². The van der Waals surface area contributed by atoms with E-state index in [1.54, 1.807) is 30.3 Å². The molecule has 0 aliphatic carbocycles. The molecule has 1 aliphatic heterocycles. The summed E-state index contributed by atoms with van der Waals surface area (Å²) < 4.78 is 44.8. The molecule has 1 saturated heterocycles. The van der Waals surface area contributed by atoms with Crippen LogP contribution in [-0.4, -0.2) is 39.0 Å². The SMILES string of the molecule is COc1ccccc1NS(=O)(=O)c1ccc2oc(SC[C@H]3CCCCO3)nc2c1. The second-order valence-corrected chi connectivity index (χ2v) is 9.37. The van der Waals surface area contributed by atoms with E-state index in [2.05, 4.69) is 9.71 Å². The molecule has 154 valence electrons. The van der Waals surface area contributed by atoms with Crippen LogP contribution in [0.1, 0.15) is 19.3 Å². The maximum absolute atomic E-state index is 12.8. The third kappa shape index (κ3) is 4.68. The number of fused-ring (bicyclic) bond motifs is 1. The second kappa shape index (κ2) is 8.64. The number of methoxy groups -OCH3 is 1. The molecule has 0 bridgehead atoms. The maximum Gasteiger partial charge on any atom is 0.262 e. The van der Waals surface area contributed by atoms with Crippen molar-refractivity contribution in [3.63, 3.8) is 0 Å². The van der Waals surface area contributed by atoms with Gasteiger partial charge in [0.15, 0.2) is 5.58 Å². The highest BCUT2D eigenvalue weighted by Gasteiger charge is 2.19. The van der Waals surface area contributed by atoms with Crippen molar-refractivity contribution in [2.24, 2.45) is 0 Å². The van der Waals surface area contributed by atoms with E-state index in [9.17, 15) is 8.42 Å². The lowest BCUT2D eigenvalue weighted by Gasteiger charge is -2.21. The van der Waals surface area contributed by atoms with E-state index in [0.717, 1.165) is 25.2 Å². The predicted octanol–water partition coefficient (Wildman–Crippen LogP) is 4.30. The number of hydrogen-bond acceptors (Lipinski definition) is 7. The van der Waals surface area contributed by atoms with Gasteiger partial charge in [0.25, 0.3) is 15.2 Å². The Bertz CT molecular complexity index is 1090. The highest BCUT2D eigenvalue weighted by atomic mass is 32.2. The number of ether oxygens (including phenoxy) is 2. The average molecular weight is 435 g/mol. The van der Waals surface area contributed by atoms with Crippen molar-refractivity contribution in [2.75, 3.05) is 24.2 Å². The van der Waals surface area contributed by atoms with Gasteiger partial charge in [-0.05, 0) is 49.6 Å². The molecule has 0 saturated carbocycles. The summed E-state index contributed by atoms with van der Waals surface area (Å²) in [7, 11) is -2.30. The summed E-state index contributed by atoms with van der Waals surface area (Å²) >= 11 is 1.49. The van der Waals surface area contributed by atoms with Crippen LogP contribution in [0.15, 0.2) is 57.0 Å². The monoisotopic (exact) mass is 434 g/mol. The Morgan fingerprint density at radius 3 is 2.90 bits per heavy atom.